The van der Waals surface area contributed by atoms with Gasteiger partial charge in [0.15, 0.2) is 11.0 Å². The number of aryl methyl sites for hydroxylation is 1. The molecule has 0 fully saturated rings. The van der Waals surface area contributed by atoms with E-state index in [-0.39, 0.29) is 5.63 Å². The number of fused-ring (bicyclic) bond motifs is 1. The van der Waals surface area contributed by atoms with Gasteiger partial charge in [-0.2, -0.15) is 0 Å². The Labute approximate surface area is 200 Å². The Kier molecular flexibility index (Phi) is 6.03. The number of hydrogen-bond donors (Lipinski definition) is 0. The molecular weight excluding hydrogens is 454 g/mol. The molecule has 0 aliphatic rings. The van der Waals surface area contributed by atoms with Gasteiger partial charge in [-0.05, 0) is 53.9 Å². The second-order valence-electron chi connectivity index (χ2n) is 7.76. The van der Waals surface area contributed by atoms with Gasteiger partial charge in [-0.1, -0.05) is 65.8 Å². The molecule has 7 heteroatoms. The normalized spacial score (nSPS) is 11.2. The van der Waals surface area contributed by atoms with Crippen LogP contribution in [0.15, 0.2) is 93.2 Å². The Morgan fingerprint density at radius 2 is 1.76 bits per heavy atom. The molecule has 0 atom stereocenters. The monoisotopic (exact) mass is 473 g/mol. The van der Waals surface area contributed by atoms with Crippen LogP contribution in [0.4, 0.5) is 0 Å². The fraction of sp³-hybridized carbons (Fsp3) is 0.115. The van der Waals surface area contributed by atoms with Crippen LogP contribution in [0, 0.1) is 6.92 Å². The summed E-state index contributed by atoms with van der Waals surface area (Å²) in [4.78, 5) is 12.1. The molecule has 0 unspecified atom stereocenters. The first-order valence-electron chi connectivity index (χ1n) is 10.5. The maximum atomic E-state index is 12.1. The van der Waals surface area contributed by atoms with Crippen molar-refractivity contribution >= 4 is 34.3 Å². The van der Waals surface area contributed by atoms with Gasteiger partial charge in [0.2, 0.25) is 0 Å². The van der Waals surface area contributed by atoms with Crippen molar-refractivity contribution < 1.29 is 4.42 Å². The highest BCUT2D eigenvalue weighted by atomic mass is 35.5. The van der Waals surface area contributed by atoms with Crippen LogP contribution in [0.5, 0.6) is 0 Å². The molecule has 5 aromatic rings. The number of thioether (sulfide) groups is 1. The third-order valence-electron chi connectivity index (χ3n) is 5.35. The lowest BCUT2D eigenvalue weighted by Gasteiger charge is -2.11. The minimum absolute atomic E-state index is 0.351. The van der Waals surface area contributed by atoms with Crippen LogP contribution in [0.3, 0.4) is 0 Å². The van der Waals surface area contributed by atoms with E-state index in [4.69, 9.17) is 16.0 Å². The van der Waals surface area contributed by atoms with Crippen LogP contribution in [0.2, 0.25) is 5.02 Å². The summed E-state index contributed by atoms with van der Waals surface area (Å²) >= 11 is 7.63. The molecule has 2 aromatic heterocycles. The van der Waals surface area contributed by atoms with Gasteiger partial charge in [-0.3, -0.25) is 4.57 Å². The minimum atomic E-state index is -0.351. The standard InChI is InChI=1S/C26H20ClN3O2S/c1-17-7-12-22-20(14-24(31)32-23(22)13-17)16-33-26-29-28-25(19-8-10-21(27)11-9-19)30(26)15-18-5-3-2-4-6-18/h2-14H,15-16H2,1H3. The van der Waals surface area contributed by atoms with Crippen molar-refractivity contribution in [1.82, 2.24) is 14.8 Å². The zero-order valence-corrected chi connectivity index (χ0v) is 19.4. The van der Waals surface area contributed by atoms with E-state index >= 15 is 0 Å². The average Bonchev–Trinajstić information content (AvgIpc) is 3.20. The molecule has 33 heavy (non-hydrogen) atoms. The van der Waals surface area contributed by atoms with Crippen LogP contribution in [0.1, 0.15) is 16.7 Å². The van der Waals surface area contributed by atoms with Crippen LogP contribution in [-0.4, -0.2) is 14.8 Å². The third kappa shape index (κ3) is 4.72. The van der Waals surface area contributed by atoms with E-state index in [9.17, 15) is 4.79 Å². The van der Waals surface area contributed by atoms with E-state index in [0.29, 0.717) is 22.9 Å². The molecule has 0 bridgehead atoms. The molecule has 0 spiro atoms. The molecule has 0 saturated carbocycles. The second kappa shape index (κ2) is 9.25. The molecule has 0 aliphatic heterocycles. The van der Waals surface area contributed by atoms with Gasteiger partial charge >= 0.3 is 5.63 Å². The fourth-order valence-corrected chi connectivity index (χ4v) is 4.77. The van der Waals surface area contributed by atoms with Gasteiger partial charge in [-0.25, -0.2) is 4.79 Å². The maximum Gasteiger partial charge on any atom is 0.336 e. The highest BCUT2D eigenvalue weighted by molar-refractivity contribution is 7.98. The summed E-state index contributed by atoms with van der Waals surface area (Å²) in [5, 5.41) is 11.3. The van der Waals surface area contributed by atoms with E-state index < -0.39 is 0 Å². The molecule has 3 aromatic carbocycles. The zero-order valence-electron chi connectivity index (χ0n) is 17.9. The van der Waals surface area contributed by atoms with Crippen LogP contribution >= 0.6 is 23.4 Å². The number of aromatic nitrogens is 3. The van der Waals surface area contributed by atoms with Crippen molar-refractivity contribution in [3.63, 3.8) is 0 Å². The topological polar surface area (TPSA) is 60.9 Å². The number of hydrogen-bond acceptors (Lipinski definition) is 5. The van der Waals surface area contributed by atoms with Crippen molar-refractivity contribution in [3.8, 4) is 11.4 Å². The number of benzene rings is 3. The summed E-state index contributed by atoms with van der Waals surface area (Å²) in [5.41, 5.74) is 4.30. The molecule has 5 nitrogen and oxygen atoms in total. The summed E-state index contributed by atoms with van der Waals surface area (Å²) in [6, 6.07) is 25.3. The number of nitrogens with zero attached hydrogens (tertiary/aromatic N) is 3. The number of rotatable bonds is 6. The van der Waals surface area contributed by atoms with Gasteiger partial charge in [0.1, 0.15) is 5.58 Å². The van der Waals surface area contributed by atoms with Crippen molar-refractivity contribution in [3.05, 3.63) is 111 Å². The second-order valence-corrected chi connectivity index (χ2v) is 9.14. The minimum Gasteiger partial charge on any atom is -0.423 e. The lowest BCUT2D eigenvalue weighted by molar-refractivity contribution is 0.559. The zero-order chi connectivity index (χ0) is 22.8. The molecule has 2 heterocycles. The van der Waals surface area contributed by atoms with Crippen LogP contribution < -0.4 is 5.63 Å². The summed E-state index contributed by atoms with van der Waals surface area (Å²) < 4.78 is 7.50. The van der Waals surface area contributed by atoms with E-state index in [1.54, 1.807) is 17.8 Å². The maximum absolute atomic E-state index is 12.1. The van der Waals surface area contributed by atoms with Gasteiger partial charge in [0, 0.05) is 27.8 Å². The van der Waals surface area contributed by atoms with Crippen LogP contribution in [-0.2, 0) is 12.3 Å². The number of halogens is 1. The van der Waals surface area contributed by atoms with Gasteiger partial charge in [0.05, 0.1) is 6.54 Å². The highest BCUT2D eigenvalue weighted by Crippen LogP contribution is 2.30. The van der Waals surface area contributed by atoms with Gasteiger partial charge in [-0.15, -0.1) is 10.2 Å². The third-order valence-corrected chi connectivity index (χ3v) is 6.61. The molecular formula is C26H20ClN3O2S. The van der Waals surface area contributed by atoms with E-state index in [1.807, 2.05) is 67.6 Å². The van der Waals surface area contributed by atoms with E-state index in [2.05, 4.69) is 26.9 Å². The molecule has 0 saturated heterocycles. The first-order chi connectivity index (χ1) is 16.1. The summed E-state index contributed by atoms with van der Waals surface area (Å²) in [6.07, 6.45) is 0. The summed E-state index contributed by atoms with van der Waals surface area (Å²) in [7, 11) is 0. The van der Waals surface area contributed by atoms with E-state index in [1.165, 1.54) is 0 Å². The first kappa shape index (κ1) is 21.5. The van der Waals surface area contributed by atoms with Crippen molar-refractivity contribution in [2.45, 2.75) is 24.4 Å². The smallest absolute Gasteiger partial charge is 0.336 e. The van der Waals surface area contributed by atoms with Crippen molar-refractivity contribution in [2.24, 2.45) is 0 Å². The predicted molar refractivity (Wildman–Crippen MR) is 133 cm³/mol. The van der Waals surface area contributed by atoms with E-state index in [0.717, 1.165) is 38.6 Å². The van der Waals surface area contributed by atoms with Gasteiger partial charge in [0.25, 0.3) is 0 Å². The fourth-order valence-electron chi connectivity index (χ4n) is 3.72. The van der Waals surface area contributed by atoms with Crippen LogP contribution in [0.25, 0.3) is 22.4 Å². The molecule has 0 radical (unpaired) electrons. The predicted octanol–water partition coefficient (Wildman–Crippen LogP) is 6.35. The molecule has 5 rings (SSSR count). The first-order valence-corrected chi connectivity index (χ1v) is 11.8. The van der Waals surface area contributed by atoms with Crippen molar-refractivity contribution in [1.29, 1.82) is 0 Å². The largest absolute Gasteiger partial charge is 0.423 e. The summed E-state index contributed by atoms with van der Waals surface area (Å²) in [5.74, 6) is 1.34. The highest BCUT2D eigenvalue weighted by Gasteiger charge is 2.16. The Hall–Kier alpha value is -3.35. The van der Waals surface area contributed by atoms with Gasteiger partial charge < -0.3 is 4.42 Å². The Bertz CT molecular complexity index is 1480. The Morgan fingerprint density at radius 1 is 0.970 bits per heavy atom. The Balaban J connectivity index is 1.51. The summed E-state index contributed by atoms with van der Waals surface area (Å²) in [6.45, 7) is 2.61. The van der Waals surface area contributed by atoms with Crippen molar-refractivity contribution in [2.75, 3.05) is 0 Å². The molecule has 164 valence electrons. The molecule has 0 N–H and O–H groups in total. The quantitative estimate of drug-likeness (QED) is 0.212. The lowest BCUT2D eigenvalue weighted by Crippen LogP contribution is -2.05. The molecule has 0 amide bonds. The average molecular weight is 474 g/mol. The Morgan fingerprint density at radius 3 is 2.55 bits per heavy atom. The lowest BCUT2D eigenvalue weighted by atomic mass is 10.1. The molecule has 0 aliphatic carbocycles. The SMILES string of the molecule is Cc1ccc2c(CSc3nnc(-c4ccc(Cl)cc4)n3Cc3ccccc3)cc(=O)oc2c1.